The molecule has 1 heterocycles. The first kappa shape index (κ1) is 32.3. The molecular formula is C52H42N2. The molecule has 0 aliphatic heterocycles. The van der Waals surface area contributed by atoms with E-state index in [1.165, 1.54) is 104 Å². The molecule has 0 spiro atoms. The molecule has 2 heteroatoms. The standard InChI is InChI=1S/C52H42N2/c1-4-17-37(18-5-1)43-27-14-19-39-20-15-29-47(51(39)43)45-25-10-12-31-49(45)53(40-21-6-2-7-22-40)42-35-33-38(34-36-42)44-28-16-30-48-46-26-11-13-32-50(46)54(52(44)48)41-23-8-3-9-24-41/h2-3,6-16,19-37H,1,4-5,17-18H2. The number of aromatic nitrogens is 1. The van der Waals surface area contributed by atoms with Gasteiger partial charge in [-0.05, 0) is 94.8 Å². The summed E-state index contributed by atoms with van der Waals surface area (Å²) in [6.45, 7) is 0. The van der Waals surface area contributed by atoms with Gasteiger partial charge in [0.05, 0.1) is 16.7 Å². The summed E-state index contributed by atoms with van der Waals surface area (Å²) in [5.74, 6) is 0.610. The van der Waals surface area contributed by atoms with Crippen molar-refractivity contribution >= 4 is 49.6 Å². The van der Waals surface area contributed by atoms with Crippen LogP contribution in [0.15, 0.2) is 188 Å². The zero-order chi connectivity index (χ0) is 35.8. The van der Waals surface area contributed by atoms with Crippen LogP contribution in [0.1, 0.15) is 43.6 Å². The molecule has 1 aliphatic carbocycles. The van der Waals surface area contributed by atoms with E-state index in [0.717, 1.165) is 11.4 Å². The lowest BCUT2D eigenvalue weighted by molar-refractivity contribution is 0.445. The molecule has 1 saturated carbocycles. The molecule has 0 radical (unpaired) electrons. The molecule has 1 aliphatic rings. The van der Waals surface area contributed by atoms with Crippen molar-refractivity contribution in [2.45, 2.75) is 38.0 Å². The first-order valence-corrected chi connectivity index (χ1v) is 19.5. The van der Waals surface area contributed by atoms with E-state index in [4.69, 9.17) is 0 Å². The predicted octanol–water partition coefficient (Wildman–Crippen LogP) is 14.8. The van der Waals surface area contributed by atoms with Crippen molar-refractivity contribution in [2.75, 3.05) is 4.90 Å². The molecule has 1 fully saturated rings. The highest BCUT2D eigenvalue weighted by atomic mass is 15.1. The number of hydrogen-bond acceptors (Lipinski definition) is 1. The van der Waals surface area contributed by atoms with Crippen molar-refractivity contribution in [3.63, 3.8) is 0 Å². The summed E-state index contributed by atoms with van der Waals surface area (Å²) in [6, 6.07) is 69.0. The number of fused-ring (bicyclic) bond motifs is 4. The smallest absolute Gasteiger partial charge is 0.0619 e. The highest BCUT2D eigenvalue weighted by Gasteiger charge is 2.23. The van der Waals surface area contributed by atoms with Gasteiger partial charge in [0.2, 0.25) is 0 Å². The van der Waals surface area contributed by atoms with Gasteiger partial charge in [-0.2, -0.15) is 0 Å². The van der Waals surface area contributed by atoms with Crippen LogP contribution in [0.4, 0.5) is 17.1 Å². The maximum absolute atomic E-state index is 2.43. The molecule has 10 rings (SSSR count). The van der Waals surface area contributed by atoms with Gasteiger partial charge in [0.1, 0.15) is 0 Å². The van der Waals surface area contributed by atoms with Gasteiger partial charge in [-0.15, -0.1) is 0 Å². The quantitative estimate of drug-likeness (QED) is 0.161. The Morgan fingerprint density at radius 3 is 1.87 bits per heavy atom. The average Bonchev–Trinajstić information content (AvgIpc) is 3.60. The molecule has 2 nitrogen and oxygen atoms in total. The summed E-state index contributed by atoms with van der Waals surface area (Å²) in [4.78, 5) is 2.43. The largest absolute Gasteiger partial charge is 0.310 e. The van der Waals surface area contributed by atoms with Gasteiger partial charge in [0.25, 0.3) is 0 Å². The molecule has 9 aromatic rings. The minimum Gasteiger partial charge on any atom is -0.310 e. The van der Waals surface area contributed by atoms with E-state index in [9.17, 15) is 0 Å². The third kappa shape index (κ3) is 5.58. The van der Waals surface area contributed by atoms with Gasteiger partial charge in [-0.3, -0.25) is 0 Å². The van der Waals surface area contributed by atoms with E-state index in [0.29, 0.717) is 5.92 Å². The summed E-state index contributed by atoms with van der Waals surface area (Å²) in [7, 11) is 0. The van der Waals surface area contributed by atoms with Crippen LogP contribution in [-0.2, 0) is 0 Å². The predicted molar refractivity (Wildman–Crippen MR) is 230 cm³/mol. The molecule has 1 aromatic heterocycles. The molecule has 0 atom stereocenters. The van der Waals surface area contributed by atoms with Gasteiger partial charge in [-0.1, -0.05) is 159 Å². The maximum atomic E-state index is 2.43. The molecule has 0 unspecified atom stereocenters. The summed E-state index contributed by atoms with van der Waals surface area (Å²) in [6.07, 6.45) is 6.55. The lowest BCUT2D eigenvalue weighted by Crippen LogP contribution is -2.11. The molecule has 0 saturated heterocycles. The minimum absolute atomic E-state index is 0.610. The number of rotatable bonds is 7. The second kappa shape index (κ2) is 13.9. The molecule has 0 bridgehead atoms. The van der Waals surface area contributed by atoms with E-state index in [-0.39, 0.29) is 0 Å². The minimum atomic E-state index is 0.610. The molecule has 0 amide bonds. The van der Waals surface area contributed by atoms with Crippen molar-refractivity contribution in [3.8, 4) is 27.9 Å². The van der Waals surface area contributed by atoms with Gasteiger partial charge < -0.3 is 9.47 Å². The van der Waals surface area contributed by atoms with Crippen LogP contribution in [0.3, 0.4) is 0 Å². The first-order valence-electron chi connectivity index (χ1n) is 19.5. The normalized spacial score (nSPS) is 13.5. The molecule has 54 heavy (non-hydrogen) atoms. The number of benzene rings is 8. The topological polar surface area (TPSA) is 8.17 Å². The number of nitrogens with zero attached hydrogens (tertiary/aromatic N) is 2. The van der Waals surface area contributed by atoms with Gasteiger partial charge in [-0.25, -0.2) is 0 Å². The highest BCUT2D eigenvalue weighted by Crippen LogP contribution is 2.46. The van der Waals surface area contributed by atoms with E-state index >= 15 is 0 Å². The monoisotopic (exact) mass is 694 g/mol. The van der Waals surface area contributed by atoms with Crippen LogP contribution in [0.2, 0.25) is 0 Å². The Labute approximate surface area is 317 Å². The molecular weight excluding hydrogens is 653 g/mol. The maximum Gasteiger partial charge on any atom is 0.0619 e. The van der Waals surface area contributed by atoms with Crippen molar-refractivity contribution in [3.05, 3.63) is 194 Å². The summed E-state index contributed by atoms with van der Waals surface area (Å²) < 4.78 is 2.42. The fraction of sp³-hybridized carbons (Fsp3) is 0.115. The Kier molecular flexibility index (Phi) is 8.30. The van der Waals surface area contributed by atoms with Crippen molar-refractivity contribution < 1.29 is 0 Å². The van der Waals surface area contributed by atoms with E-state index < -0.39 is 0 Å². The Balaban J connectivity index is 1.13. The van der Waals surface area contributed by atoms with Crippen LogP contribution < -0.4 is 4.90 Å². The molecule has 260 valence electrons. The van der Waals surface area contributed by atoms with Crippen molar-refractivity contribution in [1.29, 1.82) is 0 Å². The third-order valence-electron chi connectivity index (χ3n) is 11.6. The summed E-state index contributed by atoms with van der Waals surface area (Å²) in [5, 5.41) is 5.26. The van der Waals surface area contributed by atoms with Crippen LogP contribution in [0.25, 0.3) is 60.5 Å². The van der Waals surface area contributed by atoms with Gasteiger partial charge in [0.15, 0.2) is 0 Å². The number of anilines is 3. The number of hydrogen-bond donors (Lipinski definition) is 0. The van der Waals surface area contributed by atoms with Crippen LogP contribution in [0.5, 0.6) is 0 Å². The van der Waals surface area contributed by atoms with E-state index in [2.05, 4.69) is 198 Å². The average molecular weight is 695 g/mol. The van der Waals surface area contributed by atoms with Crippen molar-refractivity contribution in [2.24, 2.45) is 0 Å². The van der Waals surface area contributed by atoms with Crippen LogP contribution >= 0.6 is 0 Å². The Bertz CT molecular complexity index is 2730. The zero-order valence-corrected chi connectivity index (χ0v) is 30.4. The van der Waals surface area contributed by atoms with E-state index in [1.807, 2.05) is 0 Å². The van der Waals surface area contributed by atoms with E-state index in [1.54, 1.807) is 0 Å². The second-order valence-electron chi connectivity index (χ2n) is 14.7. The van der Waals surface area contributed by atoms with Gasteiger partial charge >= 0.3 is 0 Å². The molecule has 8 aromatic carbocycles. The fourth-order valence-electron chi connectivity index (χ4n) is 9.14. The Morgan fingerprint density at radius 2 is 1.06 bits per heavy atom. The lowest BCUT2D eigenvalue weighted by Gasteiger charge is -2.29. The Hall–Kier alpha value is -6.38. The van der Waals surface area contributed by atoms with Crippen LogP contribution in [-0.4, -0.2) is 4.57 Å². The first-order chi connectivity index (χ1) is 26.8. The number of para-hydroxylation sites is 5. The van der Waals surface area contributed by atoms with Crippen molar-refractivity contribution in [1.82, 2.24) is 4.57 Å². The Morgan fingerprint density at radius 1 is 0.444 bits per heavy atom. The highest BCUT2D eigenvalue weighted by molar-refractivity contribution is 6.14. The summed E-state index contributed by atoms with van der Waals surface area (Å²) in [5.41, 5.74) is 13.5. The van der Waals surface area contributed by atoms with Crippen LogP contribution in [0, 0.1) is 0 Å². The SMILES string of the molecule is c1ccc(N(c2ccc(-c3cccc4c5ccccc5n(-c5ccccc5)c34)cc2)c2ccccc2-c2cccc3cccc(C4CCCCC4)c23)cc1. The fourth-order valence-corrected chi connectivity index (χ4v) is 9.14. The third-order valence-corrected chi connectivity index (χ3v) is 11.6. The lowest BCUT2D eigenvalue weighted by atomic mass is 9.80. The van der Waals surface area contributed by atoms with Gasteiger partial charge in [0, 0.05) is 39.0 Å². The summed E-state index contributed by atoms with van der Waals surface area (Å²) >= 11 is 0. The second-order valence-corrected chi connectivity index (χ2v) is 14.7. The molecule has 0 N–H and O–H groups in total. The zero-order valence-electron chi connectivity index (χ0n) is 30.4.